The summed E-state index contributed by atoms with van der Waals surface area (Å²) in [5, 5.41) is 0. The number of thioether (sulfide) groups is 1. The SMILES string of the molecule is CSCCOc1cncnc1-c1ccc(C(C)(C)C)cc1. The maximum Gasteiger partial charge on any atom is 0.163 e. The van der Waals surface area contributed by atoms with Gasteiger partial charge in [-0.05, 0) is 17.2 Å². The second-order valence-electron chi connectivity index (χ2n) is 5.90. The standard InChI is InChI=1S/C17H22N2OS/c1-17(2,3)14-7-5-13(6-8-14)16-15(11-18-12-19-16)20-9-10-21-4/h5-8,11-12H,9-10H2,1-4H3. The third kappa shape index (κ3) is 4.21. The monoisotopic (exact) mass is 302 g/mol. The third-order valence-electron chi connectivity index (χ3n) is 3.25. The van der Waals surface area contributed by atoms with Gasteiger partial charge in [0.2, 0.25) is 0 Å². The molecule has 0 aliphatic heterocycles. The van der Waals surface area contributed by atoms with E-state index < -0.39 is 0 Å². The maximum atomic E-state index is 5.78. The van der Waals surface area contributed by atoms with Crippen LogP contribution in [0.1, 0.15) is 26.3 Å². The zero-order chi connectivity index (χ0) is 15.3. The Hall–Kier alpha value is -1.55. The van der Waals surface area contributed by atoms with Gasteiger partial charge < -0.3 is 4.74 Å². The van der Waals surface area contributed by atoms with Gasteiger partial charge >= 0.3 is 0 Å². The molecule has 0 spiro atoms. The van der Waals surface area contributed by atoms with Crippen molar-refractivity contribution >= 4 is 11.8 Å². The lowest BCUT2D eigenvalue weighted by Gasteiger charge is -2.19. The average molecular weight is 302 g/mol. The van der Waals surface area contributed by atoms with Gasteiger partial charge in [0.25, 0.3) is 0 Å². The van der Waals surface area contributed by atoms with Crippen LogP contribution in [0.25, 0.3) is 11.3 Å². The fourth-order valence-corrected chi connectivity index (χ4v) is 2.25. The number of aromatic nitrogens is 2. The summed E-state index contributed by atoms with van der Waals surface area (Å²) in [6.07, 6.45) is 5.37. The van der Waals surface area contributed by atoms with Crippen molar-refractivity contribution in [3.8, 4) is 17.0 Å². The predicted octanol–water partition coefficient (Wildman–Crippen LogP) is 4.18. The number of nitrogens with zero attached hydrogens (tertiary/aromatic N) is 2. The van der Waals surface area contributed by atoms with E-state index in [9.17, 15) is 0 Å². The van der Waals surface area contributed by atoms with E-state index in [2.05, 4.69) is 61.3 Å². The fraction of sp³-hybridized carbons (Fsp3) is 0.412. The molecule has 0 aliphatic rings. The Balaban J connectivity index is 2.25. The van der Waals surface area contributed by atoms with Gasteiger partial charge in [0.15, 0.2) is 5.75 Å². The van der Waals surface area contributed by atoms with Crippen LogP contribution >= 0.6 is 11.8 Å². The summed E-state index contributed by atoms with van der Waals surface area (Å²) < 4.78 is 5.78. The van der Waals surface area contributed by atoms with Crippen LogP contribution in [0, 0.1) is 0 Å². The van der Waals surface area contributed by atoms with Crippen molar-refractivity contribution in [2.75, 3.05) is 18.6 Å². The van der Waals surface area contributed by atoms with Crippen LogP contribution in [0.3, 0.4) is 0 Å². The van der Waals surface area contributed by atoms with Gasteiger partial charge in [-0.1, -0.05) is 45.0 Å². The van der Waals surface area contributed by atoms with Crippen molar-refractivity contribution in [2.24, 2.45) is 0 Å². The van der Waals surface area contributed by atoms with E-state index in [1.165, 1.54) is 5.56 Å². The Morgan fingerprint density at radius 2 is 1.86 bits per heavy atom. The Morgan fingerprint density at radius 3 is 2.48 bits per heavy atom. The summed E-state index contributed by atoms with van der Waals surface area (Å²) in [6.45, 7) is 7.30. The molecule has 1 aromatic heterocycles. The lowest BCUT2D eigenvalue weighted by Crippen LogP contribution is -2.10. The average Bonchev–Trinajstić information content (AvgIpc) is 2.47. The topological polar surface area (TPSA) is 35.0 Å². The molecular formula is C17H22N2OS. The molecule has 3 nitrogen and oxygen atoms in total. The van der Waals surface area contributed by atoms with E-state index in [1.54, 1.807) is 24.3 Å². The van der Waals surface area contributed by atoms with E-state index in [-0.39, 0.29) is 5.41 Å². The molecule has 112 valence electrons. The molecular weight excluding hydrogens is 280 g/mol. The highest BCUT2D eigenvalue weighted by Gasteiger charge is 2.14. The van der Waals surface area contributed by atoms with Crippen LogP contribution in [-0.2, 0) is 5.41 Å². The largest absolute Gasteiger partial charge is 0.489 e. The maximum absolute atomic E-state index is 5.78. The molecule has 0 bridgehead atoms. The van der Waals surface area contributed by atoms with Crippen molar-refractivity contribution < 1.29 is 4.74 Å². The number of hydrogen-bond donors (Lipinski definition) is 0. The van der Waals surface area contributed by atoms with Crippen LogP contribution in [0.4, 0.5) is 0 Å². The van der Waals surface area contributed by atoms with Crippen LogP contribution in [0.5, 0.6) is 5.75 Å². The quantitative estimate of drug-likeness (QED) is 0.776. The highest BCUT2D eigenvalue weighted by atomic mass is 32.2. The lowest BCUT2D eigenvalue weighted by molar-refractivity contribution is 0.342. The summed E-state index contributed by atoms with van der Waals surface area (Å²) in [5.41, 5.74) is 3.38. The molecule has 0 saturated heterocycles. The zero-order valence-corrected chi connectivity index (χ0v) is 13.9. The molecule has 1 aromatic carbocycles. The summed E-state index contributed by atoms with van der Waals surface area (Å²) in [5.74, 6) is 1.70. The Labute approximate surface area is 131 Å². The van der Waals surface area contributed by atoms with Crippen molar-refractivity contribution in [2.45, 2.75) is 26.2 Å². The summed E-state index contributed by atoms with van der Waals surface area (Å²) in [6, 6.07) is 8.51. The summed E-state index contributed by atoms with van der Waals surface area (Å²) in [4.78, 5) is 8.44. The molecule has 0 saturated carbocycles. The first-order valence-electron chi connectivity index (χ1n) is 7.05. The third-order valence-corrected chi connectivity index (χ3v) is 3.82. The Bertz CT molecular complexity index is 576. The van der Waals surface area contributed by atoms with Gasteiger partial charge in [0, 0.05) is 11.3 Å². The minimum absolute atomic E-state index is 0.155. The van der Waals surface area contributed by atoms with E-state index in [1.807, 2.05) is 0 Å². The summed E-state index contributed by atoms with van der Waals surface area (Å²) >= 11 is 1.76. The van der Waals surface area contributed by atoms with E-state index in [4.69, 9.17) is 4.74 Å². The van der Waals surface area contributed by atoms with E-state index >= 15 is 0 Å². The number of hydrogen-bond acceptors (Lipinski definition) is 4. The highest BCUT2D eigenvalue weighted by Crippen LogP contribution is 2.29. The number of rotatable bonds is 5. The highest BCUT2D eigenvalue weighted by molar-refractivity contribution is 7.98. The number of ether oxygens (including phenoxy) is 1. The molecule has 4 heteroatoms. The lowest BCUT2D eigenvalue weighted by atomic mass is 9.86. The smallest absolute Gasteiger partial charge is 0.163 e. The van der Waals surface area contributed by atoms with Gasteiger partial charge in [0.1, 0.15) is 12.0 Å². The molecule has 1 heterocycles. The first-order valence-corrected chi connectivity index (χ1v) is 8.44. The molecule has 0 unspecified atom stereocenters. The first kappa shape index (κ1) is 15.8. The molecule has 0 atom stereocenters. The fourth-order valence-electron chi connectivity index (χ4n) is 2.00. The van der Waals surface area contributed by atoms with E-state index in [0.29, 0.717) is 6.61 Å². The Morgan fingerprint density at radius 1 is 1.14 bits per heavy atom. The second-order valence-corrected chi connectivity index (χ2v) is 6.89. The molecule has 0 N–H and O–H groups in total. The summed E-state index contributed by atoms with van der Waals surface area (Å²) in [7, 11) is 0. The molecule has 21 heavy (non-hydrogen) atoms. The molecule has 0 amide bonds. The molecule has 2 rings (SSSR count). The minimum Gasteiger partial charge on any atom is -0.489 e. The van der Waals surface area contributed by atoms with Crippen LogP contribution in [0.15, 0.2) is 36.8 Å². The van der Waals surface area contributed by atoms with Crippen molar-refractivity contribution in [3.63, 3.8) is 0 Å². The van der Waals surface area contributed by atoms with Crippen LogP contribution in [-0.4, -0.2) is 28.6 Å². The van der Waals surface area contributed by atoms with Gasteiger partial charge in [-0.3, -0.25) is 0 Å². The van der Waals surface area contributed by atoms with Gasteiger partial charge in [-0.2, -0.15) is 11.8 Å². The van der Waals surface area contributed by atoms with Crippen LogP contribution < -0.4 is 4.74 Å². The molecule has 0 fully saturated rings. The van der Waals surface area contributed by atoms with Crippen LogP contribution in [0.2, 0.25) is 0 Å². The van der Waals surface area contributed by atoms with Gasteiger partial charge in [0.05, 0.1) is 12.8 Å². The first-order chi connectivity index (χ1) is 10.0. The van der Waals surface area contributed by atoms with Crippen molar-refractivity contribution in [3.05, 3.63) is 42.4 Å². The van der Waals surface area contributed by atoms with Gasteiger partial charge in [-0.25, -0.2) is 9.97 Å². The van der Waals surface area contributed by atoms with Gasteiger partial charge in [-0.15, -0.1) is 0 Å². The molecule has 0 radical (unpaired) electrons. The normalized spacial score (nSPS) is 11.4. The number of benzene rings is 1. The second kappa shape index (κ2) is 6.94. The Kier molecular flexibility index (Phi) is 5.23. The predicted molar refractivity (Wildman–Crippen MR) is 90.0 cm³/mol. The molecule has 0 aliphatic carbocycles. The minimum atomic E-state index is 0.155. The zero-order valence-electron chi connectivity index (χ0n) is 13.1. The molecule has 2 aromatic rings. The van der Waals surface area contributed by atoms with E-state index in [0.717, 1.165) is 22.8 Å². The van der Waals surface area contributed by atoms with Crippen molar-refractivity contribution in [1.29, 1.82) is 0 Å². The van der Waals surface area contributed by atoms with Crippen molar-refractivity contribution in [1.82, 2.24) is 9.97 Å².